The first-order valence-corrected chi connectivity index (χ1v) is 5.27. The first-order valence-electron chi connectivity index (χ1n) is 5.27. The van der Waals surface area contributed by atoms with Crippen LogP contribution in [-0.4, -0.2) is 4.57 Å². The Balaban J connectivity index is 2.56. The molecule has 1 heterocycles. The van der Waals surface area contributed by atoms with E-state index in [1.54, 1.807) is 31.4 Å². The third-order valence-electron chi connectivity index (χ3n) is 2.65. The summed E-state index contributed by atoms with van der Waals surface area (Å²) in [6.45, 7) is 0.196. The van der Waals surface area contributed by atoms with Crippen molar-refractivity contribution in [1.82, 2.24) is 4.57 Å². The van der Waals surface area contributed by atoms with Crippen LogP contribution in [0.4, 0.5) is 4.39 Å². The smallest absolute Gasteiger partial charge is 0.254 e. The summed E-state index contributed by atoms with van der Waals surface area (Å²) in [6.07, 6.45) is 1.72. The largest absolute Gasteiger partial charge is 0.326 e. The molecule has 88 valence electrons. The summed E-state index contributed by atoms with van der Waals surface area (Å²) in [5, 5.41) is 0. The number of aryl methyl sites for hydroxylation is 1. The Kier molecular flexibility index (Phi) is 3.06. The molecule has 0 spiro atoms. The standard InChI is InChI=1S/C13H13FN2O/c1-16-8-11(6-10(7-15)13(16)17)9-2-4-12(14)5-3-9/h2-6,8H,7,15H2,1H3. The number of aromatic nitrogens is 1. The molecule has 0 unspecified atom stereocenters. The number of hydrogen-bond acceptors (Lipinski definition) is 2. The van der Waals surface area contributed by atoms with Crippen molar-refractivity contribution in [3.8, 4) is 11.1 Å². The van der Waals surface area contributed by atoms with Crippen molar-refractivity contribution in [3.05, 3.63) is 58.3 Å². The van der Waals surface area contributed by atoms with Crippen LogP contribution in [0.5, 0.6) is 0 Å². The van der Waals surface area contributed by atoms with Crippen molar-refractivity contribution >= 4 is 0 Å². The molecule has 0 atom stereocenters. The Labute approximate surface area is 98.3 Å². The third-order valence-corrected chi connectivity index (χ3v) is 2.65. The van der Waals surface area contributed by atoms with Crippen LogP contribution in [0.1, 0.15) is 5.56 Å². The van der Waals surface area contributed by atoms with Gasteiger partial charge in [-0.15, -0.1) is 0 Å². The molecule has 2 aromatic rings. The summed E-state index contributed by atoms with van der Waals surface area (Å²) < 4.78 is 14.3. The number of nitrogens with zero attached hydrogens (tertiary/aromatic N) is 1. The minimum Gasteiger partial charge on any atom is -0.326 e. The van der Waals surface area contributed by atoms with E-state index in [0.29, 0.717) is 5.56 Å². The van der Waals surface area contributed by atoms with Crippen LogP contribution in [0.2, 0.25) is 0 Å². The van der Waals surface area contributed by atoms with Crippen molar-refractivity contribution in [2.45, 2.75) is 6.54 Å². The highest BCUT2D eigenvalue weighted by atomic mass is 19.1. The highest BCUT2D eigenvalue weighted by molar-refractivity contribution is 5.63. The van der Waals surface area contributed by atoms with Crippen LogP contribution in [0, 0.1) is 5.82 Å². The molecule has 17 heavy (non-hydrogen) atoms. The van der Waals surface area contributed by atoms with Gasteiger partial charge in [-0.25, -0.2) is 4.39 Å². The van der Waals surface area contributed by atoms with Gasteiger partial charge >= 0.3 is 0 Å². The lowest BCUT2D eigenvalue weighted by molar-refractivity contribution is 0.628. The highest BCUT2D eigenvalue weighted by Gasteiger charge is 2.05. The van der Waals surface area contributed by atoms with E-state index in [2.05, 4.69) is 0 Å². The molecule has 0 fully saturated rings. The van der Waals surface area contributed by atoms with Gasteiger partial charge in [-0.05, 0) is 29.3 Å². The molecule has 3 nitrogen and oxygen atoms in total. The van der Waals surface area contributed by atoms with Crippen molar-refractivity contribution in [1.29, 1.82) is 0 Å². The summed E-state index contributed by atoms with van der Waals surface area (Å²) in [7, 11) is 1.68. The molecule has 0 aliphatic carbocycles. The summed E-state index contributed by atoms with van der Waals surface area (Å²) in [5.74, 6) is -0.280. The highest BCUT2D eigenvalue weighted by Crippen LogP contribution is 2.19. The minimum atomic E-state index is -0.280. The summed E-state index contributed by atoms with van der Waals surface area (Å²) in [5.41, 5.74) is 7.68. The van der Waals surface area contributed by atoms with Crippen LogP contribution in [0.3, 0.4) is 0 Å². The van der Waals surface area contributed by atoms with Gasteiger partial charge in [0.2, 0.25) is 0 Å². The number of halogens is 1. The molecule has 0 saturated heterocycles. The van der Waals surface area contributed by atoms with Crippen molar-refractivity contribution in [3.63, 3.8) is 0 Å². The van der Waals surface area contributed by atoms with E-state index < -0.39 is 0 Å². The van der Waals surface area contributed by atoms with E-state index in [1.165, 1.54) is 16.7 Å². The average molecular weight is 232 g/mol. The quantitative estimate of drug-likeness (QED) is 0.855. The molecule has 0 bridgehead atoms. The predicted molar refractivity (Wildman–Crippen MR) is 65.0 cm³/mol. The number of hydrogen-bond donors (Lipinski definition) is 1. The normalized spacial score (nSPS) is 10.5. The Morgan fingerprint density at radius 2 is 1.88 bits per heavy atom. The minimum absolute atomic E-state index is 0.0987. The van der Waals surface area contributed by atoms with Gasteiger partial charge in [0.05, 0.1) is 0 Å². The zero-order chi connectivity index (χ0) is 12.4. The van der Waals surface area contributed by atoms with Gasteiger partial charge in [-0.3, -0.25) is 4.79 Å². The van der Waals surface area contributed by atoms with E-state index in [0.717, 1.165) is 11.1 Å². The summed E-state index contributed by atoms with van der Waals surface area (Å²) >= 11 is 0. The van der Waals surface area contributed by atoms with Gasteiger partial charge < -0.3 is 10.3 Å². The Morgan fingerprint density at radius 3 is 2.47 bits per heavy atom. The van der Waals surface area contributed by atoms with Crippen LogP contribution in [0.15, 0.2) is 41.3 Å². The zero-order valence-electron chi connectivity index (χ0n) is 9.48. The molecule has 0 amide bonds. The fourth-order valence-electron chi connectivity index (χ4n) is 1.73. The SMILES string of the molecule is Cn1cc(-c2ccc(F)cc2)cc(CN)c1=O. The van der Waals surface area contributed by atoms with Gasteiger partial charge in [0.1, 0.15) is 5.82 Å². The van der Waals surface area contributed by atoms with Crippen LogP contribution in [-0.2, 0) is 13.6 Å². The van der Waals surface area contributed by atoms with Crippen LogP contribution < -0.4 is 11.3 Å². The second-order valence-corrected chi connectivity index (χ2v) is 3.88. The number of rotatable bonds is 2. The fourth-order valence-corrected chi connectivity index (χ4v) is 1.73. The molecule has 0 radical (unpaired) electrons. The predicted octanol–water partition coefficient (Wildman–Crippen LogP) is 1.65. The van der Waals surface area contributed by atoms with E-state index in [4.69, 9.17) is 5.73 Å². The van der Waals surface area contributed by atoms with E-state index >= 15 is 0 Å². The van der Waals surface area contributed by atoms with E-state index in [1.807, 2.05) is 0 Å². The molecule has 4 heteroatoms. The second-order valence-electron chi connectivity index (χ2n) is 3.88. The molecule has 0 saturated carbocycles. The Morgan fingerprint density at radius 1 is 1.24 bits per heavy atom. The summed E-state index contributed by atoms with van der Waals surface area (Å²) in [6, 6.07) is 7.88. The molecular formula is C13H13FN2O. The Hall–Kier alpha value is -1.94. The second kappa shape index (κ2) is 4.51. The maximum absolute atomic E-state index is 12.8. The number of nitrogens with two attached hydrogens (primary N) is 1. The fraction of sp³-hybridized carbons (Fsp3) is 0.154. The lowest BCUT2D eigenvalue weighted by Gasteiger charge is -2.07. The molecule has 0 aliphatic rings. The van der Waals surface area contributed by atoms with Gasteiger partial charge in [0, 0.05) is 25.4 Å². The molecule has 2 N–H and O–H groups in total. The van der Waals surface area contributed by atoms with Crippen molar-refractivity contribution in [2.75, 3.05) is 0 Å². The van der Waals surface area contributed by atoms with Gasteiger partial charge in [0.25, 0.3) is 5.56 Å². The lowest BCUT2D eigenvalue weighted by atomic mass is 10.1. The molecule has 2 rings (SSSR count). The topological polar surface area (TPSA) is 48.0 Å². The lowest BCUT2D eigenvalue weighted by Crippen LogP contribution is -2.22. The summed E-state index contributed by atoms with van der Waals surface area (Å²) in [4.78, 5) is 11.7. The number of pyridine rings is 1. The Bertz CT molecular complexity index is 587. The van der Waals surface area contributed by atoms with Crippen molar-refractivity contribution < 1.29 is 4.39 Å². The first kappa shape index (κ1) is 11.5. The zero-order valence-corrected chi connectivity index (χ0v) is 9.48. The van der Waals surface area contributed by atoms with Gasteiger partial charge in [0.15, 0.2) is 0 Å². The maximum atomic E-state index is 12.8. The van der Waals surface area contributed by atoms with Crippen molar-refractivity contribution in [2.24, 2.45) is 12.8 Å². The van der Waals surface area contributed by atoms with Gasteiger partial charge in [-0.2, -0.15) is 0 Å². The molecule has 1 aromatic carbocycles. The first-order chi connectivity index (χ1) is 8.11. The third kappa shape index (κ3) is 2.26. The van der Waals surface area contributed by atoms with Gasteiger partial charge in [-0.1, -0.05) is 12.1 Å². The molecule has 0 aliphatic heterocycles. The van der Waals surface area contributed by atoms with E-state index in [9.17, 15) is 9.18 Å². The molecule has 1 aromatic heterocycles. The monoisotopic (exact) mass is 232 g/mol. The average Bonchev–Trinajstić information content (AvgIpc) is 2.33. The molecular weight excluding hydrogens is 219 g/mol. The number of benzene rings is 1. The van der Waals surface area contributed by atoms with Crippen LogP contribution >= 0.6 is 0 Å². The maximum Gasteiger partial charge on any atom is 0.254 e. The van der Waals surface area contributed by atoms with Crippen LogP contribution in [0.25, 0.3) is 11.1 Å². The van der Waals surface area contributed by atoms with E-state index in [-0.39, 0.29) is 17.9 Å².